The van der Waals surface area contributed by atoms with Gasteiger partial charge in [0.1, 0.15) is 6.10 Å². The summed E-state index contributed by atoms with van der Waals surface area (Å²) in [6.07, 6.45) is -1.69. The number of hydrogen-bond acceptors (Lipinski definition) is 5. The van der Waals surface area contributed by atoms with Crippen molar-refractivity contribution < 1.29 is 19.7 Å². The van der Waals surface area contributed by atoms with Gasteiger partial charge in [0, 0.05) is 17.8 Å². The topological polar surface area (TPSA) is 106 Å². The first-order valence-electron chi connectivity index (χ1n) is 4.80. The number of carbonyl (C=O) groups excluding carboxylic acids is 1. The molecular weight excluding hydrogens is 212 g/mol. The van der Waals surface area contributed by atoms with E-state index >= 15 is 0 Å². The van der Waals surface area contributed by atoms with E-state index in [9.17, 15) is 15.0 Å². The van der Waals surface area contributed by atoms with Crippen LogP contribution in [0.5, 0.6) is 5.88 Å². The van der Waals surface area contributed by atoms with Gasteiger partial charge in [-0.15, -0.1) is 0 Å². The number of aromatic nitrogens is 1. The molecule has 0 saturated heterocycles. The first kappa shape index (κ1) is 12.4. The quantitative estimate of drug-likeness (QED) is 0.619. The molecule has 2 atom stereocenters. The maximum atomic E-state index is 10.7. The third-order valence-electron chi connectivity index (χ3n) is 1.98. The van der Waals surface area contributed by atoms with Crippen LogP contribution in [0.15, 0.2) is 18.3 Å². The average molecular weight is 226 g/mol. The molecule has 0 aliphatic rings. The van der Waals surface area contributed by atoms with Crippen LogP contribution in [0.3, 0.4) is 0 Å². The van der Waals surface area contributed by atoms with E-state index in [1.165, 1.54) is 18.3 Å². The lowest BCUT2D eigenvalue weighted by Gasteiger charge is -2.14. The Kier molecular flexibility index (Phi) is 4.21. The predicted octanol–water partition coefficient (Wildman–Crippen LogP) is -0.640. The third-order valence-corrected chi connectivity index (χ3v) is 1.98. The molecular formula is C10H14N2O4. The molecule has 1 amide bonds. The number of rotatable bonds is 5. The molecule has 2 unspecified atom stereocenters. The number of amides is 1. The van der Waals surface area contributed by atoms with E-state index in [0.717, 1.165) is 0 Å². The highest BCUT2D eigenvalue weighted by atomic mass is 16.5. The fraction of sp³-hybridized carbons (Fsp3) is 0.400. The van der Waals surface area contributed by atoms with Gasteiger partial charge >= 0.3 is 0 Å². The zero-order chi connectivity index (χ0) is 12.1. The Hall–Kier alpha value is -1.66. The van der Waals surface area contributed by atoms with Gasteiger partial charge in [-0.25, -0.2) is 4.98 Å². The Morgan fingerprint density at radius 1 is 1.56 bits per heavy atom. The van der Waals surface area contributed by atoms with Gasteiger partial charge in [0.05, 0.1) is 6.61 Å². The normalized spacial score (nSPS) is 14.2. The van der Waals surface area contributed by atoms with Crippen LogP contribution < -0.4 is 10.5 Å². The van der Waals surface area contributed by atoms with Crippen molar-refractivity contribution in [1.82, 2.24) is 4.98 Å². The highest BCUT2D eigenvalue weighted by Gasteiger charge is 2.23. The van der Waals surface area contributed by atoms with Gasteiger partial charge in [-0.2, -0.15) is 0 Å². The average Bonchev–Trinajstić information content (AvgIpc) is 2.28. The summed E-state index contributed by atoms with van der Waals surface area (Å²) < 4.78 is 5.10. The van der Waals surface area contributed by atoms with Crippen molar-refractivity contribution in [1.29, 1.82) is 0 Å². The summed E-state index contributed by atoms with van der Waals surface area (Å²) in [5.41, 5.74) is 5.16. The first-order chi connectivity index (χ1) is 7.56. The maximum absolute atomic E-state index is 10.7. The van der Waals surface area contributed by atoms with Crippen LogP contribution in [0.2, 0.25) is 0 Å². The third kappa shape index (κ3) is 2.91. The number of nitrogens with two attached hydrogens (primary N) is 1. The standard InChI is InChI=1S/C10H14N2O4/c1-2-16-7-4-3-6(5-12-7)8(13)9(14)10(11)15/h3-5,8-9,13-14H,2H2,1H3,(H2,11,15). The van der Waals surface area contributed by atoms with Crippen molar-refractivity contribution in [2.45, 2.75) is 19.1 Å². The van der Waals surface area contributed by atoms with Crippen LogP contribution in [0.1, 0.15) is 18.6 Å². The fourth-order valence-corrected chi connectivity index (χ4v) is 1.14. The van der Waals surface area contributed by atoms with Crippen LogP contribution in [-0.2, 0) is 4.79 Å². The zero-order valence-corrected chi connectivity index (χ0v) is 8.83. The number of aliphatic hydroxyl groups is 2. The molecule has 88 valence electrons. The Morgan fingerprint density at radius 2 is 2.25 bits per heavy atom. The van der Waals surface area contributed by atoms with E-state index in [1.807, 2.05) is 6.92 Å². The molecule has 0 spiro atoms. The van der Waals surface area contributed by atoms with Gasteiger partial charge in [0.2, 0.25) is 11.8 Å². The Labute approximate surface area is 92.7 Å². The molecule has 1 rings (SSSR count). The SMILES string of the molecule is CCOc1ccc(C(O)C(O)C(N)=O)cn1. The number of nitrogens with zero attached hydrogens (tertiary/aromatic N) is 1. The Balaban J connectivity index is 2.77. The molecule has 1 heterocycles. The van der Waals surface area contributed by atoms with Crippen molar-refractivity contribution in [3.05, 3.63) is 23.9 Å². The van der Waals surface area contributed by atoms with Crippen LogP contribution in [0.25, 0.3) is 0 Å². The van der Waals surface area contributed by atoms with Crippen LogP contribution >= 0.6 is 0 Å². The van der Waals surface area contributed by atoms with Gasteiger partial charge in [-0.1, -0.05) is 0 Å². The van der Waals surface area contributed by atoms with E-state index in [4.69, 9.17) is 10.5 Å². The molecule has 16 heavy (non-hydrogen) atoms. The molecule has 6 nitrogen and oxygen atoms in total. The summed E-state index contributed by atoms with van der Waals surface area (Å²) in [5.74, 6) is -0.576. The summed E-state index contributed by atoms with van der Waals surface area (Å²) in [4.78, 5) is 14.5. The number of carbonyl (C=O) groups is 1. The molecule has 0 aromatic carbocycles. The first-order valence-corrected chi connectivity index (χ1v) is 4.80. The summed E-state index contributed by atoms with van der Waals surface area (Å²) in [6.45, 7) is 2.31. The molecule has 0 radical (unpaired) electrons. The van der Waals surface area contributed by atoms with Gasteiger partial charge in [-0.3, -0.25) is 4.79 Å². The van der Waals surface area contributed by atoms with Gasteiger partial charge < -0.3 is 20.7 Å². The molecule has 0 bridgehead atoms. The second-order valence-electron chi connectivity index (χ2n) is 3.15. The van der Waals surface area contributed by atoms with E-state index in [1.54, 1.807) is 0 Å². The zero-order valence-electron chi connectivity index (χ0n) is 8.83. The van der Waals surface area contributed by atoms with Crippen molar-refractivity contribution >= 4 is 5.91 Å². The summed E-state index contributed by atoms with van der Waals surface area (Å²) in [6, 6.07) is 3.05. The van der Waals surface area contributed by atoms with Crippen molar-refractivity contribution in [2.24, 2.45) is 5.73 Å². The van der Waals surface area contributed by atoms with E-state index in [0.29, 0.717) is 18.1 Å². The molecule has 0 fully saturated rings. The van der Waals surface area contributed by atoms with Crippen LogP contribution in [-0.4, -0.2) is 33.8 Å². The van der Waals surface area contributed by atoms with Crippen molar-refractivity contribution in [2.75, 3.05) is 6.61 Å². The van der Waals surface area contributed by atoms with Crippen molar-refractivity contribution in [3.8, 4) is 5.88 Å². The van der Waals surface area contributed by atoms with Crippen LogP contribution in [0.4, 0.5) is 0 Å². The molecule has 1 aromatic heterocycles. The minimum absolute atomic E-state index is 0.301. The van der Waals surface area contributed by atoms with Gasteiger partial charge in [0.15, 0.2) is 6.10 Å². The predicted molar refractivity (Wildman–Crippen MR) is 55.6 cm³/mol. The Morgan fingerprint density at radius 3 is 2.69 bits per heavy atom. The van der Waals surface area contributed by atoms with E-state index in [-0.39, 0.29) is 0 Å². The second kappa shape index (κ2) is 5.43. The Bertz CT molecular complexity index is 352. The number of hydrogen-bond donors (Lipinski definition) is 3. The number of aliphatic hydroxyl groups excluding tert-OH is 2. The van der Waals surface area contributed by atoms with Gasteiger partial charge in [0.25, 0.3) is 0 Å². The smallest absolute Gasteiger partial charge is 0.249 e. The van der Waals surface area contributed by atoms with E-state index < -0.39 is 18.1 Å². The van der Waals surface area contributed by atoms with Gasteiger partial charge in [-0.05, 0) is 13.0 Å². The highest BCUT2D eigenvalue weighted by Crippen LogP contribution is 2.17. The molecule has 0 aliphatic carbocycles. The molecule has 0 aliphatic heterocycles. The second-order valence-corrected chi connectivity index (χ2v) is 3.15. The summed E-state index contributed by atoms with van der Waals surface area (Å²) in [7, 11) is 0. The largest absolute Gasteiger partial charge is 0.478 e. The number of pyridine rings is 1. The molecule has 6 heteroatoms. The maximum Gasteiger partial charge on any atom is 0.249 e. The monoisotopic (exact) mass is 226 g/mol. The number of primary amides is 1. The van der Waals surface area contributed by atoms with Crippen molar-refractivity contribution in [3.63, 3.8) is 0 Å². The van der Waals surface area contributed by atoms with Crippen LogP contribution in [0, 0.1) is 0 Å². The molecule has 0 saturated carbocycles. The molecule has 1 aromatic rings. The number of ether oxygens (including phenoxy) is 1. The highest BCUT2D eigenvalue weighted by molar-refractivity contribution is 5.79. The summed E-state index contributed by atoms with van der Waals surface area (Å²) >= 11 is 0. The molecule has 4 N–H and O–H groups in total. The van der Waals surface area contributed by atoms with E-state index in [2.05, 4.69) is 4.98 Å². The summed E-state index contributed by atoms with van der Waals surface area (Å²) in [5, 5.41) is 18.8. The fourth-order valence-electron chi connectivity index (χ4n) is 1.14. The minimum atomic E-state index is -1.64. The lowest BCUT2D eigenvalue weighted by molar-refractivity contribution is -0.131. The lowest BCUT2D eigenvalue weighted by Crippen LogP contribution is -2.33. The minimum Gasteiger partial charge on any atom is -0.478 e. The lowest BCUT2D eigenvalue weighted by atomic mass is 10.1.